The van der Waals surface area contributed by atoms with Crippen LogP contribution >= 0.6 is 15.9 Å². The molecule has 0 bridgehead atoms. The molecule has 0 saturated carbocycles. The summed E-state index contributed by atoms with van der Waals surface area (Å²) in [6.45, 7) is 1.39. The minimum absolute atomic E-state index is 0.452. The average molecular weight is 321 g/mol. The van der Waals surface area contributed by atoms with Gasteiger partial charge in [0.1, 0.15) is 23.7 Å². The van der Waals surface area contributed by atoms with E-state index in [2.05, 4.69) is 43.3 Å². The van der Waals surface area contributed by atoms with Crippen molar-refractivity contribution in [3.05, 3.63) is 40.1 Å². The first-order valence-corrected chi connectivity index (χ1v) is 6.77. The van der Waals surface area contributed by atoms with Crippen molar-refractivity contribution in [2.75, 3.05) is 17.7 Å². The van der Waals surface area contributed by atoms with Crippen molar-refractivity contribution < 1.29 is 4.74 Å². The standard InChI is InChI=1S/C13H13BrN4O/c14-10-3-8-1-2-19-13(8)9(4-10)6-16-12-5-11(15)17-7-18-12/h3-5,7H,1-2,6H2,(H3,15,16,17,18). The number of rotatable bonds is 3. The lowest BCUT2D eigenvalue weighted by Crippen LogP contribution is -2.04. The maximum atomic E-state index is 5.68. The number of benzene rings is 1. The Bertz CT molecular complexity index is 618. The van der Waals surface area contributed by atoms with Gasteiger partial charge in [0.05, 0.1) is 6.61 Å². The molecule has 6 heteroatoms. The second kappa shape index (κ2) is 5.05. The van der Waals surface area contributed by atoms with E-state index in [9.17, 15) is 0 Å². The summed E-state index contributed by atoms with van der Waals surface area (Å²) in [5.41, 5.74) is 7.97. The van der Waals surface area contributed by atoms with Gasteiger partial charge in [0.2, 0.25) is 0 Å². The monoisotopic (exact) mass is 320 g/mol. The third-order valence-corrected chi connectivity index (χ3v) is 3.43. The Morgan fingerprint density at radius 3 is 3.05 bits per heavy atom. The SMILES string of the molecule is Nc1cc(NCc2cc(Br)cc3c2OCC3)ncn1. The van der Waals surface area contributed by atoms with Gasteiger partial charge < -0.3 is 15.8 Å². The number of ether oxygens (including phenoxy) is 1. The molecule has 0 saturated heterocycles. The number of aromatic nitrogens is 2. The Morgan fingerprint density at radius 2 is 2.21 bits per heavy atom. The van der Waals surface area contributed by atoms with Crippen LogP contribution < -0.4 is 15.8 Å². The number of hydrogen-bond donors (Lipinski definition) is 2. The van der Waals surface area contributed by atoms with E-state index in [-0.39, 0.29) is 0 Å². The fraction of sp³-hybridized carbons (Fsp3) is 0.231. The molecule has 3 N–H and O–H groups in total. The smallest absolute Gasteiger partial charge is 0.131 e. The molecule has 0 unspecified atom stereocenters. The van der Waals surface area contributed by atoms with Crippen molar-refractivity contribution in [2.45, 2.75) is 13.0 Å². The Labute approximate surface area is 119 Å². The van der Waals surface area contributed by atoms with Gasteiger partial charge in [0.15, 0.2) is 0 Å². The molecule has 2 aromatic rings. The van der Waals surface area contributed by atoms with E-state index in [1.165, 1.54) is 11.9 Å². The van der Waals surface area contributed by atoms with E-state index in [1.807, 2.05) is 0 Å². The molecule has 5 nitrogen and oxygen atoms in total. The quantitative estimate of drug-likeness (QED) is 0.908. The van der Waals surface area contributed by atoms with Crippen LogP contribution in [-0.2, 0) is 13.0 Å². The van der Waals surface area contributed by atoms with E-state index >= 15 is 0 Å². The number of halogens is 1. The van der Waals surface area contributed by atoms with Crippen LogP contribution in [-0.4, -0.2) is 16.6 Å². The van der Waals surface area contributed by atoms with Gasteiger partial charge in [0.25, 0.3) is 0 Å². The zero-order valence-corrected chi connectivity index (χ0v) is 11.8. The van der Waals surface area contributed by atoms with Crippen molar-refractivity contribution in [3.63, 3.8) is 0 Å². The molecule has 0 aliphatic carbocycles. The molecule has 1 aliphatic rings. The predicted molar refractivity (Wildman–Crippen MR) is 77.1 cm³/mol. The summed E-state index contributed by atoms with van der Waals surface area (Å²) in [6, 6.07) is 5.87. The predicted octanol–water partition coefficient (Wildman–Crippen LogP) is 2.37. The molecule has 0 radical (unpaired) electrons. The minimum atomic E-state index is 0.452. The van der Waals surface area contributed by atoms with Crippen molar-refractivity contribution in [3.8, 4) is 5.75 Å². The fourth-order valence-electron chi connectivity index (χ4n) is 2.13. The molecule has 0 amide bonds. The molecule has 0 spiro atoms. The first-order valence-electron chi connectivity index (χ1n) is 5.98. The van der Waals surface area contributed by atoms with Gasteiger partial charge in [-0.05, 0) is 17.7 Å². The second-order valence-electron chi connectivity index (χ2n) is 4.33. The molecule has 0 fully saturated rings. The molecule has 1 aromatic carbocycles. The first-order chi connectivity index (χ1) is 9.22. The molecule has 2 heterocycles. The first kappa shape index (κ1) is 12.2. The summed E-state index contributed by atoms with van der Waals surface area (Å²) in [5, 5.41) is 3.23. The summed E-state index contributed by atoms with van der Waals surface area (Å²) in [6.07, 6.45) is 2.40. The molecule has 19 heavy (non-hydrogen) atoms. The molecule has 3 rings (SSSR count). The van der Waals surface area contributed by atoms with Crippen LogP contribution in [0.15, 0.2) is 29.0 Å². The number of nitrogens with one attached hydrogen (secondary N) is 1. The van der Waals surface area contributed by atoms with Gasteiger partial charge in [0, 0.05) is 29.1 Å². The maximum absolute atomic E-state index is 5.68. The molecular weight excluding hydrogens is 308 g/mol. The summed E-state index contributed by atoms with van der Waals surface area (Å²) in [4.78, 5) is 7.98. The Balaban J connectivity index is 1.81. The van der Waals surface area contributed by atoms with Gasteiger partial charge in [-0.15, -0.1) is 0 Å². The van der Waals surface area contributed by atoms with Crippen LogP contribution in [0.5, 0.6) is 5.75 Å². The Kier molecular flexibility index (Phi) is 3.25. The van der Waals surface area contributed by atoms with Gasteiger partial charge in [-0.25, -0.2) is 9.97 Å². The lowest BCUT2D eigenvalue weighted by Gasteiger charge is -2.10. The highest BCUT2D eigenvalue weighted by molar-refractivity contribution is 9.10. The topological polar surface area (TPSA) is 73.1 Å². The van der Waals surface area contributed by atoms with Crippen molar-refractivity contribution in [1.29, 1.82) is 0 Å². The summed E-state index contributed by atoms with van der Waals surface area (Å²) in [7, 11) is 0. The fourth-order valence-corrected chi connectivity index (χ4v) is 2.68. The lowest BCUT2D eigenvalue weighted by molar-refractivity contribution is 0.354. The van der Waals surface area contributed by atoms with E-state index < -0.39 is 0 Å². The van der Waals surface area contributed by atoms with E-state index in [0.29, 0.717) is 18.2 Å². The van der Waals surface area contributed by atoms with Crippen LogP contribution in [0.2, 0.25) is 0 Å². The molecular formula is C13H13BrN4O. The van der Waals surface area contributed by atoms with Crippen molar-refractivity contribution in [2.24, 2.45) is 0 Å². The van der Waals surface area contributed by atoms with Crippen LogP contribution in [0.3, 0.4) is 0 Å². The van der Waals surface area contributed by atoms with Crippen LogP contribution in [0.1, 0.15) is 11.1 Å². The van der Waals surface area contributed by atoms with E-state index in [0.717, 1.165) is 28.8 Å². The number of fused-ring (bicyclic) bond motifs is 1. The number of hydrogen-bond acceptors (Lipinski definition) is 5. The highest BCUT2D eigenvalue weighted by Gasteiger charge is 2.17. The van der Waals surface area contributed by atoms with Crippen LogP contribution in [0.4, 0.5) is 11.6 Å². The Morgan fingerprint density at radius 1 is 1.32 bits per heavy atom. The number of nitrogens with two attached hydrogens (primary N) is 1. The second-order valence-corrected chi connectivity index (χ2v) is 5.25. The third-order valence-electron chi connectivity index (χ3n) is 2.97. The minimum Gasteiger partial charge on any atom is -0.493 e. The summed E-state index contributed by atoms with van der Waals surface area (Å²) >= 11 is 3.52. The molecule has 98 valence electrons. The lowest BCUT2D eigenvalue weighted by atomic mass is 10.1. The maximum Gasteiger partial charge on any atom is 0.131 e. The molecule has 0 atom stereocenters. The highest BCUT2D eigenvalue weighted by Crippen LogP contribution is 2.33. The molecule has 1 aliphatic heterocycles. The van der Waals surface area contributed by atoms with Crippen molar-refractivity contribution in [1.82, 2.24) is 9.97 Å². The number of anilines is 2. The number of nitrogen functional groups attached to an aromatic ring is 1. The molecule has 1 aromatic heterocycles. The van der Waals surface area contributed by atoms with Crippen molar-refractivity contribution >= 4 is 27.6 Å². The van der Waals surface area contributed by atoms with Crippen LogP contribution in [0, 0.1) is 0 Å². The van der Waals surface area contributed by atoms with E-state index in [4.69, 9.17) is 10.5 Å². The normalized spacial score (nSPS) is 12.9. The number of nitrogens with zero attached hydrogens (tertiary/aromatic N) is 2. The van der Waals surface area contributed by atoms with Gasteiger partial charge in [-0.3, -0.25) is 0 Å². The Hall–Kier alpha value is -1.82. The third kappa shape index (κ3) is 2.63. The summed E-state index contributed by atoms with van der Waals surface area (Å²) in [5.74, 6) is 2.14. The zero-order valence-electron chi connectivity index (χ0n) is 10.2. The van der Waals surface area contributed by atoms with Gasteiger partial charge >= 0.3 is 0 Å². The van der Waals surface area contributed by atoms with Gasteiger partial charge in [-0.1, -0.05) is 15.9 Å². The largest absolute Gasteiger partial charge is 0.493 e. The van der Waals surface area contributed by atoms with Gasteiger partial charge in [-0.2, -0.15) is 0 Å². The average Bonchev–Trinajstić information content (AvgIpc) is 2.84. The summed E-state index contributed by atoms with van der Waals surface area (Å²) < 4.78 is 6.74. The van der Waals surface area contributed by atoms with E-state index in [1.54, 1.807) is 6.07 Å². The van der Waals surface area contributed by atoms with Crippen LogP contribution in [0.25, 0.3) is 0 Å². The highest BCUT2D eigenvalue weighted by atomic mass is 79.9. The zero-order chi connectivity index (χ0) is 13.2.